The first-order chi connectivity index (χ1) is 14.6. The number of halogens is 1. The predicted octanol–water partition coefficient (Wildman–Crippen LogP) is 5.02. The van der Waals surface area contributed by atoms with Crippen molar-refractivity contribution in [3.05, 3.63) is 64.2 Å². The van der Waals surface area contributed by atoms with E-state index in [1.165, 1.54) is 16.7 Å². The Morgan fingerprint density at radius 2 is 1.97 bits per heavy atom. The van der Waals surface area contributed by atoms with E-state index >= 15 is 0 Å². The maximum absolute atomic E-state index is 12.9. The summed E-state index contributed by atoms with van der Waals surface area (Å²) < 4.78 is 11.0. The van der Waals surface area contributed by atoms with Crippen molar-refractivity contribution in [2.45, 2.75) is 49.9 Å². The molecule has 1 aliphatic carbocycles. The normalized spacial score (nSPS) is 20.3. The highest BCUT2D eigenvalue weighted by atomic mass is 35.5. The molecule has 1 atom stereocenters. The number of ether oxygens (including phenoxy) is 2. The lowest BCUT2D eigenvalue weighted by Gasteiger charge is -2.38. The van der Waals surface area contributed by atoms with Crippen LogP contribution in [0, 0.1) is 0 Å². The number of aryl methyl sites for hydroxylation is 1. The van der Waals surface area contributed by atoms with E-state index in [1.807, 2.05) is 18.2 Å². The smallest absolute Gasteiger partial charge is 0.220 e. The lowest BCUT2D eigenvalue weighted by atomic mass is 9.74. The van der Waals surface area contributed by atoms with E-state index in [0.717, 1.165) is 56.1 Å². The van der Waals surface area contributed by atoms with Crippen LogP contribution in [0.5, 0.6) is 5.75 Å². The highest BCUT2D eigenvalue weighted by molar-refractivity contribution is 6.30. The molecule has 1 fully saturated rings. The van der Waals surface area contributed by atoms with Crippen LogP contribution in [0.3, 0.4) is 0 Å². The molecule has 160 valence electrons. The molecule has 1 amide bonds. The minimum atomic E-state index is -0.0870. The molecular weight excluding hydrogens is 398 g/mol. The van der Waals surface area contributed by atoms with E-state index in [0.29, 0.717) is 13.0 Å². The number of rotatable bonds is 6. The minimum Gasteiger partial charge on any atom is -0.497 e. The van der Waals surface area contributed by atoms with E-state index in [2.05, 4.69) is 29.6 Å². The fraction of sp³-hybridized carbons (Fsp3) is 0.480. The van der Waals surface area contributed by atoms with Gasteiger partial charge in [0.2, 0.25) is 5.91 Å². The van der Waals surface area contributed by atoms with Crippen LogP contribution in [0.2, 0.25) is 5.02 Å². The van der Waals surface area contributed by atoms with Crippen molar-refractivity contribution in [1.82, 2.24) is 5.32 Å². The monoisotopic (exact) mass is 427 g/mol. The molecule has 2 aromatic rings. The average Bonchev–Trinajstić information content (AvgIpc) is 2.78. The Bertz CT molecular complexity index is 874. The van der Waals surface area contributed by atoms with Gasteiger partial charge in [-0.2, -0.15) is 0 Å². The van der Waals surface area contributed by atoms with Crippen molar-refractivity contribution in [1.29, 1.82) is 0 Å². The first kappa shape index (κ1) is 21.2. The molecule has 1 saturated heterocycles. The van der Waals surface area contributed by atoms with Crippen molar-refractivity contribution < 1.29 is 14.3 Å². The number of carbonyl (C=O) groups is 1. The van der Waals surface area contributed by atoms with Crippen LogP contribution in [-0.4, -0.2) is 32.8 Å². The molecule has 0 spiro atoms. The summed E-state index contributed by atoms with van der Waals surface area (Å²) in [7, 11) is 1.70. The lowest BCUT2D eigenvalue weighted by molar-refractivity contribution is -0.122. The zero-order valence-corrected chi connectivity index (χ0v) is 18.3. The second-order valence-electron chi connectivity index (χ2n) is 8.53. The SMILES string of the molecule is COc1ccc2c(c1)CCCC2CC(=O)NCC1(c2ccc(Cl)cc2)CCOCC1. The maximum Gasteiger partial charge on any atom is 0.220 e. The number of hydrogen-bond donors (Lipinski definition) is 1. The third-order valence-corrected chi connectivity index (χ3v) is 7.00. The van der Waals surface area contributed by atoms with Crippen LogP contribution in [0.4, 0.5) is 0 Å². The summed E-state index contributed by atoms with van der Waals surface area (Å²) in [5.74, 6) is 1.30. The molecule has 0 saturated carbocycles. The van der Waals surface area contributed by atoms with Crippen LogP contribution in [0.1, 0.15) is 54.7 Å². The summed E-state index contributed by atoms with van der Waals surface area (Å²) in [4.78, 5) is 12.9. The van der Waals surface area contributed by atoms with Gasteiger partial charge in [-0.1, -0.05) is 29.8 Å². The van der Waals surface area contributed by atoms with Gasteiger partial charge in [0.25, 0.3) is 0 Å². The summed E-state index contributed by atoms with van der Waals surface area (Å²) in [6.07, 6.45) is 5.58. The summed E-state index contributed by atoms with van der Waals surface area (Å²) in [5.41, 5.74) is 3.76. The van der Waals surface area contributed by atoms with E-state index < -0.39 is 0 Å². The van der Waals surface area contributed by atoms with Crippen molar-refractivity contribution in [3.8, 4) is 5.75 Å². The zero-order chi connectivity index (χ0) is 21.0. The van der Waals surface area contributed by atoms with Crippen LogP contribution in [0.15, 0.2) is 42.5 Å². The van der Waals surface area contributed by atoms with Gasteiger partial charge in [0.1, 0.15) is 5.75 Å². The second-order valence-corrected chi connectivity index (χ2v) is 8.97. The van der Waals surface area contributed by atoms with Gasteiger partial charge in [-0.25, -0.2) is 0 Å². The first-order valence-electron chi connectivity index (χ1n) is 10.9. The van der Waals surface area contributed by atoms with Gasteiger partial charge in [-0.3, -0.25) is 4.79 Å². The average molecular weight is 428 g/mol. The highest BCUT2D eigenvalue weighted by Crippen LogP contribution is 2.37. The molecule has 5 heteroatoms. The summed E-state index contributed by atoms with van der Waals surface area (Å²) in [5, 5.41) is 3.99. The van der Waals surface area contributed by atoms with Gasteiger partial charge < -0.3 is 14.8 Å². The molecule has 1 unspecified atom stereocenters. The topological polar surface area (TPSA) is 47.6 Å². The molecule has 1 heterocycles. The molecule has 0 radical (unpaired) electrons. The molecule has 1 aliphatic heterocycles. The first-order valence-corrected chi connectivity index (χ1v) is 11.2. The number of methoxy groups -OCH3 is 1. The standard InChI is InChI=1S/C25H30ClNO3/c1-29-22-9-10-23-18(15-22)3-2-4-19(23)16-24(28)27-17-25(11-13-30-14-12-25)20-5-7-21(26)8-6-20/h5-10,15,19H,2-4,11-14,16-17H2,1H3,(H,27,28). The summed E-state index contributed by atoms with van der Waals surface area (Å²) >= 11 is 6.09. The fourth-order valence-corrected chi connectivity index (χ4v) is 5.05. The number of hydrogen-bond acceptors (Lipinski definition) is 3. The van der Waals surface area contributed by atoms with Crippen LogP contribution in [0.25, 0.3) is 0 Å². The van der Waals surface area contributed by atoms with Gasteiger partial charge in [-0.05, 0) is 79.0 Å². The number of benzene rings is 2. The maximum atomic E-state index is 12.9. The third kappa shape index (κ3) is 4.65. The van der Waals surface area contributed by atoms with E-state index in [-0.39, 0.29) is 17.2 Å². The predicted molar refractivity (Wildman–Crippen MR) is 119 cm³/mol. The fourth-order valence-electron chi connectivity index (χ4n) is 4.93. The quantitative estimate of drug-likeness (QED) is 0.703. The number of amides is 1. The molecule has 4 nitrogen and oxygen atoms in total. The van der Waals surface area contributed by atoms with Crippen LogP contribution >= 0.6 is 11.6 Å². The van der Waals surface area contributed by atoms with Crippen molar-refractivity contribution in [2.75, 3.05) is 26.9 Å². The highest BCUT2D eigenvalue weighted by Gasteiger charge is 2.35. The Kier molecular flexibility index (Phi) is 6.64. The minimum absolute atomic E-state index is 0.0870. The number of fused-ring (bicyclic) bond motifs is 1. The Labute approximate surface area is 183 Å². The number of nitrogens with one attached hydrogen (secondary N) is 1. The summed E-state index contributed by atoms with van der Waals surface area (Å²) in [6.45, 7) is 2.08. The van der Waals surface area contributed by atoms with E-state index in [1.54, 1.807) is 7.11 Å². The Balaban J connectivity index is 1.43. The zero-order valence-electron chi connectivity index (χ0n) is 17.6. The van der Waals surface area contributed by atoms with Gasteiger partial charge >= 0.3 is 0 Å². The van der Waals surface area contributed by atoms with Crippen molar-refractivity contribution >= 4 is 17.5 Å². The van der Waals surface area contributed by atoms with E-state index in [4.69, 9.17) is 21.1 Å². The molecule has 30 heavy (non-hydrogen) atoms. The Morgan fingerprint density at radius 3 is 2.70 bits per heavy atom. The van der Waals surface area contributed by atoms with Gasteiger partial charge in [0, 0.05) is 36.6 Å². The molecule has 2 aromatic carbocycles. The molecule has 4 rings (SSSR count). The molecule has 0 aromatic heterocycles. The third-order valence-electron chi connectivity index (χ3n) is 6.75. The molecular formula is C25H30ClNO3. The molecule has 1 N–H and O–H groups in total. The van der Waals surface area contributed by atoms with E-state index in [9.17, 15) is 4.79 Å². The molecule has 0 bridgehead atoms. The van der Waals surface area contributed by atoms with Gasteiger partial charge in [0.15, 0.2) is 0 Å². The Morgan fingerprint density at radius 1 is 1.20 bits per heavy atom. The second kappa shape index (κ2) is 9.40. The summed E-state index contributed by atoms with van der Waals surface area (Å²) in [6, 6.07) is 14.3. The van der Waals surface area contributed by atoms with Crippen LogP contribution < -0.4 is 10.1 Å². The van der Waals surface area contributed by atoms with Crippen molar-refractivity contribution in [3.63, 3.8) is 0 Å². The molecule has 2 aliphatic rings. The lowest BCUT2D eigenvalue weighted by Crippen LogP contribution is -2.44. The van der Waals surface area contributed by atoms with Crippen LogP contribution in [-0.2, 0) is 21.4 Å². The van der Waals surface area contributed by atoms with Crippen molar-refractivity contribution in [2.24, 2.45) is 0 Å². The van der Waals surface area contributed by atoms with Gasteiger partial charge in [0.05, 0.1) is 7.11 Å². The number of carbonyl (C=O) groups excluding carboxylic acids is 1. The Hall–Kier alpha value is -2.04. The largest absolute Gasteiger partial charge is 0.497 e. The van der Waals surface area contributed by atoms with Gasteiger partial charge in [-0.15, -0.1) is 0 Å².